The van der Waals surface area contributed by atoms with Crippen LogP contribution in [-0.2, 0) is 11.3 Å². The molecule has 1 N–H and O–H groups in total. The first-order valence-corrected chi connectivity index (χ1v) is 9.84. The Labute approximate surface area is 173 Å². The van der Waals surface area contributed by atoms with Crippen molar-refractivity contribution in [1.82, 2.24) is 9.88 Å². The number of hydrogen-bond donors (Lipinski definition) is 1. The third-order valence-corrected chi connectivity index (χ3v) is 5.72. The highest BCUT2D eigenvalue weighted by Crippen LogP contribution is 2.40. The number of nitrogens with zero attached hydrogens (tertiary/aromatic N) is 2. The average Bonchev–Trinajstić information content (AvgIpc) is 3.12. The molecule has 1 aromatic heterocycles. The summed E-state index contributed by atoms with van der Waals surface area (Å²) in [6.45, 7) is 0.448. The van der Waals surface area contributed by atoms with Gasteiger partial charge < -0.3 is 5.11 Å². The molecule has 29 heavy (non-hydrogen) atoms. The topological polar surface area (TPSA) is 53.4 Å². The maximum Gasteiger partial charge on any atom is 0.320 e. The highest BCUT2D eigenvalue weighted by Gasteiger charge is 2.39. The second-order valence-electron chi connectivity index (χ2n) is 7.20. The Morgan fingerprint density at radius 2 is 1.97 bits per heavy atom. The van der Waals surface area contributed by atoms with E-state index in [1.807, 2.05) is 41.3 Å². The minimum Gasteiger partial charge on any atom is -0.480 e. The van der Waals surface area contributed by atoms with E-state index in [1.54, 1.807) is 18.3 Å². The zero-order valence-electron chi connectivity index (χ0n) is 15.6. The van der Waals surface area contributed by atoms with Gasteiger partial charge in [0, 0.05) is 29.4 Å². The third kappa shape index (κ3) is 4.16. The van der Waals surface area contributed by atoms with E-state index in [1.165, 1.54) is 12.1 Å². The normalized spacial score (nSPS) is 19.4. The molecule has 148 valence electrons. The zero-order valence-corrected chi connectivity index (χ0v) is 16.4. The summed E-state index contributed by atoms with van der Waals surface area (Å²) in [5.74, 6) is -1.14. The van der Waals surface area contributed by atoms with Crippen LogP contribution in [0.3, 0.4) is 0 Å². The highest BCUT2D eigenvalue weighted by atomic mass is 35.5. The number of carbonyl (C=O) groups is 1. The predicted octanol–water partition coefficient (Wildman–Crippen LogP) is 5.33. The number of halogens is 2. The van der Waals surface area contributed by atoms with E-state index in [4.69, 9.17) is 11.6 Å². The second-order valence-corrected chi connectivity index (χ2v) is 7.61. The van der Waals surface area contributed by atoms with E-state index < -0.39 is 12.0 Å². The highest BCUT2D eigenvalue weighted by molar-refractivity contribution is 6.31. The van der Waals surface area contributed by atoms with Crippen LogP contribution >= 0.6 is 11.6 Å². The number of pyridine rings is 1. The zero-order chi connectivity index (χ0) is 20.4. The summed E-state index contributed by atoms with van der Waals surface area (Å²) in [7, 11) is 0. The lowest BCUT2D eigenvalue weighted by Crippen LogP contribution is -2.37. The maximum absolute atomic E-state index is 13.5. The van der Waals surface area contributed by atoms with Crippen molar-refractivity contribution in [3.63, 3.8) is 0 Å². The van der Waals surface area contributed by atoms with E-state index in [2.05, 4.69) is 4.98 Å². The van der Waals surface area contributed by atoms with Crippen LogP contribution in [0.5, 0.6) is 0 Å². The molecule has 2 heterocycles. The van der Waals surface area contributed by atoms with Gasteiger partial charge in [0.15, 0.2) is 0 Å². The predicted molar refractivity (Wildman–Crippen MR) is 110 cm³/mol. The van der Waals surface area contributed by atoms with Crippen LogP contribution in [0.15, 0.2) is 66.9 Å². The van der Waals surface area contributed by atoms with Crippen LogP contribution in [0.2, 0.25) is 5.02 Å². The van der Waals surface area contributed by atoms with Gasteiger partial charge in [0.2, 0.25) is 0 Å². The molecule has 3 aromatic rings. The van der Waals surface area contributed by atoms with Crippen molar-refractivity contribution in [1.29, 1.82) is 0 Å². The minimum atomic E-state index is -0.830. The van der Waals surface area contributed by atoms with Gasteiger partial charge in [-0.15, -0.1) is 0 Å². The first-order valence-electron chi connectivity index (χ1n) is 9.47. The standard InChI is InChI=1S/C23H20ClFN2O2/c24-19-7-2-1-6-18(19)21-10-11-22(23(28)29)27(21)14-15-8-9-20(26-13-15)16-4-3-5-17(25)12-16/h1-9,12-13,21-22H,10-11,14H2,(H,28,29)/t21-,22+/m1/s1. The second kappa shape index (κ2) is 8.31. The SMILES string of the molecule is O=C(O)[C@@H]1CC[C@H](c2ccccc2Cl)N1Cc1ccc(-c2cccc(F)c2)nc1. The van der Waals surface area contributed by atoms with Crippen LogP contribution < -0.4 is 0 Å². The largest absolute Gasteiger partial charge is 0.480 e. The van der Waals surface area contributed by atoms with Crippen molar-refractivity contribution >= 4 is 17.6 Å². The summed E-state index contributed by atoms with van der Waals surface area (Å²) in [4.78, 5) is 18.2. The van der Waals surface area contributed by atoms with Gasteiger partial charge in [-0.25, -0.2) is 4.39 Å². The van der Waals surface area contributed by atoms with Gasteiger partial charge in [0.1, 0.15) is 11.9 Å². The molecule has 6 heteroatoms. The fraction of sp³-hybridized carbons (Fsp3) is 0.217. The summed E-state index contributed by atoms with van der Waals surface area (Å²) < 4.78 is 13.5. The van der Waals surface area contributed by atoms with Crippen molar-refractivity contribution in [2.45, 2.75) is 31.5 Å². The molecule has 0 aliphatic carbocycles. The van der Waals surface area contributed by atoms with Crippen LogP contribution in [-0.4, -0.2) is 27.0 Å². The van der Waals surface area contributed by atoms with Crippen LogP contribution in [0.4, 0.5) is 4.39 Å². The van der Waals surface area contributed by atoms with Gasteiger partial charge in [-0.3, -0.25) is 14.7 Å². The van der Waals surface area contributed by atoms with Gasteiger partial charge in [-0.05, 0) is 48.2 Å². The van der Waals surface area contributed by atoms with Crippen molar-refractivity contribution in [3.05, 3.63) is 88.8 Å². The Bertz CT molecular complexity index is 1030. The number of benzene rings is 2. The Morgan fingerprint density at radius 1 is 1.14 bits per heavy atom. The first-order chi connectivity index (χ1) is 14.0. The lowest BCUT2D eigenvalue weighted by Gasteiger charge is -2.29. The summed E-state index contributed by atoms with van der Waals surface area (Å²) >= 11 is 6.38. The molecule has 0 unspecified atom stereocenters. The molecule has 0 bridgehead atoms. The number of aromatic nitrogens is 1. The third-order valence-electron chi connectivity index (χ3n) is 5.37. The smallest absolute Gasteiger partial charge is 0.320 e. The molecule has 1 aliphatic rings. The first kappa shape index (κ1) is 19.6. The number of likely N-dealkylation sites (tertiary alicyclic amines) is 1. The quantitative estimate of drug-likeness (QED) is 0.617. The molecule has 0 saturated carbocycles. The lowest BCUT2D eigenvalue weighted by atomic mass is 10.0. The monoisotopic (exact) mass is 410 g/mol. The summed E-state index contributed by atoms with van der Waals surface area (Å²) in [6, 6.07) is 17.0. The fourth-order valence-electron chi connectivity index (χ4n) is 3.98. The Hall–Kier alpha value is -2.76. The number of aliphatic carboxylic acids is 1. The van der Waals surface area contributed by atoms with Gasteiger partial charge >= 0.3 is 5.97 Å². The molecule has 1 saturated heterocycles. The molecule has 2 aromatic carbocycles. The molecule has 0 spiro atoms. The molecule has 4 nitrogen and oxygen atoms in total. The summed E-state index contributed by atoms with van der Waals surface area (Å²) in [6.07, 6.45) is 3.02. The molecule has 1 fully saturated rings. The van der Waals surface area contributed by atoms with Gasteiger partial charge in [0.25, 0.3) is 0 Å². The van der Waals surface area contributed by atoms with Gasteiger partial charge in [-0.2, -0.15) is 0 Å². The van der Waals surface area contributed by atoms with Crippen LogP contribution in [0, 0.1) is 5.82 Å². The maximum atomic E-state index is 13.5. The average molecular weight is 411 g/mol. The van der Waals surface area contributed by atoms with E-state index >= 15 is 0 Å². The molecule has 4 rings (SSSR count). The Balaban J connectivity index is 1.59. The summed E-state index contributed by atoms with van der Waals surface area (Å²) in [5.41, 5.74) is 3.22. The number of carboxylic acid groups (broad SMARTS) is 1. The Morgan fingerprint density at radius 3 is 2.66 bits per heavy atom. The van der Waals surface area contributed by atoms with E-state index in [0.29, 0.717) is 29.2 Å². The molecular formula is C23H20ClFN2O2. The van der Waals surface area contributed by atoms with E-state index in [0.717, 1.165) is 17.5 Å². The molecule has 0 radical (unpaired) electrons. The number of hydrogen-bond acceptors (Lipinski definition) is 3. The number of carboxylic acids is 1. The minimum absolute atomic E-state index is 0.0623. The van der Waals surface area contributed by atoms with Gasteiger partial charge in [0.05, 0.1) is 5.69 Å². The van der Waals surface area contributed by atoms with Crippen molar-refractivity contribution in [3.8, 4) is 11.3 Å². The molecule has 2 atom stereocenters. The molecule has 0 amide bonds. The van der Waals surface area contributed by atoms with Crippen molar-refractivity contribution < 1.29 is 14.3 Å². The Kier molecular flexibility index (Phi) is 5.60. The molecular weight excluding hydrogens is 391 g/mol. The number of rotatable bonds is 5. The van der Waals surface area contributed by atoms with Crippen molar-refractivity contribution in [2.24, 2.45) is 0 Å². The summed E-state index contributed by atoms with van der Waals surface area (Å²) in [5, 5.41) is 10.3. The fourth-order valence-corrected chi connectivity index (χ4v) is 4.24. The van der Waals surface area contributed by atoms with E-state index in [-0.39, 0.29) is 11.9 Å². The molecule has 1 aliphatic heterocycles. The van der Waals surface area contributed by atoms with Crippen molar-refractivity contribution in [2.75, 3.05) is 0 Å². The van der Waals surface area contributed by atoms with Gasteiger partial charge in [-0.1, -0.05) is 48.0 Å². The van der Waals surface area contributed by atoms with E-state index in [9.17, 15) is 14.3 Å². The lowest BCUT2D eigenvalue weighted by molar-refractivity contribution is -0.142. The van der Waals surface area contributed by atoms with Crippen LogP contribution in [0.25, 0.3) is 11.3 Å². The van der Waals surface area contributed by atoms with Crippen LogP contribution in [0.1, 0.15) is 30.0 Å².